The minimum absolute atomic E-state index is 0.0163. The van der Waals surface area contributed by atoms with E-state index in [0.717, 1.165) is 23.4 Å². The van der Waals surface area contributed by atoms with Crippen molar-refractivity contribution in [2.24, 2.45) is 0 Å². The van der Waals surface area contributed by atoms with Crippen LogP contribution in [0.2, 0.25) is 0 Å². The molecule has 0 unspecified atom stereocenters. The number of hydrogen-bond donors (Lipinski definition) is 1. The lowest BCUT2D eigenvalue weighted by Gasteiger charge is -2.12. The first-order valence-corrected chi connectivity index (χ1v) is 9.54. The zero-order chi connectivity index (χ0) is 19.8. The fourth-order valence-corrected chi connectivity index (χ4v) is 3.20. The molecule has 0 bridgehead atoms. The standard InChI is InChI=1S/C13H11B.C12H14N2/c14-13(11-7-3-1-4-8-11)12-9-5-2-6-10-12;1-9-4-3-5-10(2)11(9)8-12-13-6-7-14-12/h1-10,13H;3-7H,8H2,1-2H3,(H,13,14). The number of imidazole rings is 1. The van der Waals surface area contributed by atoms with Crippen LogP contribution in [0.3, 0.4) is 0 Å². The molecule has 28 heavy (non-hydrogen) atoms. The molecule has 2 radical (unpaired) electrons. The number of H-pyrrole nitrogens is 1. The molecule has 4 aromatic rings. The summed E-state index contributed by atoms with van der Waals surface area (Å²) in [6, 6.07) is 26.6. The predicted molar refractivity (Wildman–Crippen MR) is 118 cm³/mol. The van der Waals surface area contributed by atoms with Gasteiger partial charge in [-0.3, -0.25) is 0 Å². The van der Waals surface area contributed by atoms with E-state index in [4.69, 9.17) is 7.85 Å². The van der Waals surface area contributed by atoms with Crippen LogP contribution in [0.1, 0.15) is 39.5 Å². The molecular formula is C25H25BN2. The van der Waals surface area contributed by atoms with Crippen LogP contribution in [0, 0.1) is 13.8 Å². The van der Waals surface area contributed by atoms with Gasteiger partial charge in [-0.05, 0) is 47.5 Å². The van der Waals surface area contributed by atoms with Gasteiger partial charge in [0.25, 0.3) is 0 Å². The fourth-order valence-electron chi connectivity index (χ4n) is 3.20. The minimum Gasteiger partial charge on any atom is -0.348 e. The molecule has 2 nitrogen and oxygen atoms in total. The summed E-state index contributed by atoms with van der Waals surface area (Å²) >= 11 is 0. The zero-order valence-electron chi connectivity index (χ0n) is 16.5. The van der Waals surface area contributed by atoms with Gasteiger partial charge in [0.1, 0.15) is 5.82 Å². The number of nitrogens with one attached hydrogen (secondary N) is 1. The Hall–Kier alpha value is -3.07. The summed E-state index contributed by atoms with van der Waals surface area (Å²) in [5.74, 6) is 1.01. The molecule has 1 N–H and O–H groups in total. The van der Waals surface area contributed by atoms with Crippen LogP contribution >= 0.6 is 0 Å². The van der Waals surface area contributed by atoms with Gasteiger partial charge < -0.3 is 4.98 Å². The molecule has 0 saturated heterocycles. The number of hydrogen-bond acceptors (Lipinski definition) is 1. The number of nitrogens with zero attached hydrogens (tertiary/aromatic N) is 1. The maximum atomic E-state index is 6.12. The molecule has 0 amide bonds. The van der Waals surface area contributed by atoms with E-state index < -0.39 is 0 Å². The van der Waals surface area contributed by atoms with E-state index in [-0.39, 0.29) is 5.82 Å². The first-order valence-electron chi connectivity index (χ1n) is 9.54. The average molecular weight is 364 g/mol. The molecular weight excluding hydrogens is 339 g/mol. The number of aryl methyl sites for hydroxylation is 2. The third kappa shape index (κ3) is 5.23. The Morgan fingerprint density at radius 3 is 1.79 bits per heavy atom. The van der Waals surface area contributed by atoms with E-state index in [1.54, 1.807) is 6.20 Å². The molecule has 1 heterocycles. The third-order valence-corrected chi connectivity index (χ3v) is 4.86. The van der Waals surface area contributed by atoms with Crippen LogP contribution < -0.4 is 0 Å². The van der Waals surface area contributed by atoms with Crippen molar-refractivity contribution >= 4 is 7.85 Å². The van der Waals surface area contributed by atoms with Gasteiger partial charge in [-0.15, -0.1) is 0 Å². The van der Waals surface area contributed by atoms with Gasteiger partial charge in [0.05, 0.1) is 7.85 Å². The van der Waals surface area contributed by atoms with Crippen molar-refractivity contribution in [3.8, 4) is 0 Å². The molecule has 0 fully saturated rings. The number of aromatic nitrogens is 2. The first kappa shape index (κ1) is 19.7. The minimum atomic E-state index is -0.0163. The Kier molecular flexibility index (Phi) is 6.86. The number of aromatic amines is 1. The summed E-state index contributed by atoms with van der Waals surface area (Å²) in [4.78, 5) is 7.37. The highest BCUT2D eigenvalue weighted by Gasteiger charge is 2.05. The van der Waals surface area contributed by atoms with Crippen molar-refractivity contribution in [1.82, 2.24) is 9.97 Å². The van der Waals surface area contributed by atoms with Gasteiger partial charge in [0.15, 0.2) is 0 Å². The summed E-state index contributed by atoms with van der Waals surface area (Å²) < 4.78 is 0. The van der Waals surface area contributed by atoms with E-state index in [9.17, 15) is 0 Å². The monoisotopic (exact) mass is 364 g/mol. The van der Waals surface area contributed by atoms with Crippen molar-refractivity contribution in [1.29, 1.82) is 0 Å². The van der Waals surface area contributed by atoms with Crippen molar-refractivity contribution in [2.75, 3.05) is 0 Å². The van der Waals surface area contributed by atoms with Crippen molar-refractivity contribution in [3.63, 3.8) is 0 Å². The van der Waals surface area contributed by atoms with Crippen LogP contribution in [-0.4, -0.2) is 17.8 Å². The van der Waals surface area contributed by atoms with Gasteiger partial charge in [-0.1, -0.05) is 78.9 Å². The van der Waals surface area contributed by atoms with Crippen molar-refractivity contribution in [2.45, 2.75) is 26.1 Å². The van der Waals surface area contributed by atoms with Crippen LogP contribution in [0.25, 0.3) is 0 Å². The molecule has 1 aromatic heterocycles. The Labute approximate surface area is 169 Å². The molecule has 3 heteroatoms. The highest BCUT2D eigenvalue weighted by atomic mass is 14.9. The maximum Gasteiger partial charge on any atom is 0.110 e. The molecule has 0 atom stereocenters. The molecule has 0 aliphatic carbocycles. The summed E-state index contributed by atoms with van der Waals surface area (Å²) in [7, 11) is 6.12. The van der Waals surface area contributed by atoms with Gasteiger partial charge in [-0.25, -0.2) is 4.98 Å². The lowest BCUT2D eigenvalue weighted by molar-refractivity contribution is 1.00. The zero-order valence-corrected chi connectivity index (χ0v) is 16.5. The van der Waals surface area contributed by atoms with Crippen LogP contribution in [-0.2, 0) is 6.42 Å². The summed E-state index contributed by atoms with van der Waals surface area (Å²) in [5.41, 5.74) is 6.35. The number of rotatable bonds is 4. The third-order valence-electron chi connectivity index (χ3n) is 4.86. The van der Waals surface area contributed by atoms with E-state index in [1.165, 1.54) is 16.7 Å². The Morgan fingerprint density at radius 2 is 1.32 bits per heavy atom. The van der Waals surface area contributed by atoms with Crippen molar-refractivity contribution in [3.05, 3.63) is 125 Å². The number of benzene rings is 3. The van der Waals surface area contributed by atoms with E-state index in [0.29, 0.717) is 0 Å². The van der Waals surface area contributed by atoms with Crippen molar-refractivity contribution < 1.29 is 0 Å². The molecule has 0 aliphatic heterocycles. The first-order chi connectivity index (χ1) is 13.6. The van der Waals surface area contributed by atoms with Gasteiger partial charge in [-0.2, -0.15) is 0 Å². The topological polar surface area (TPSA) is 28.7 Å². The normalized spacial score (nSPS) is 10.4. The SMILES string of the molecule is Cc1cccc(C)c1Cc1ncc[nH]1.[B]C(c1ccccc1)c1ccccc1. The average Bonchev–Trinajstić information content (AvgIpc) is 3.25. The molecule has 0 spiro atoms. The van der Waals surface area contributed by atoms with Gasteiger partial charge in [0.2, 0.25) is 0 Å². The molecule has 0 saturated carbocycles. The van der Waals surface area contributed by atoms with Crippen LogP contribution in [0.5, 0.6) is 0 Å². The quantitative estimate of drug-likeness (QED) is 0.472. The largest absolute Gasteiger partial charge is 0.348 e. The van der Waals surface area contributed by atoms with E-state index in [2.05, 4.69) is 66.3 Å². The maximum absolute atomic E-state index is 6.12. The second-order valence-electron chi connectivity index (χ2n) is 6.88. The Morgan fingerprint density at radius 1 is 0.786 bits per heavy atom. The highest BCUT2D eigenvalue weighted by Crippen LogP contribution is 2.20. The molecule has 0 aliphatic rings. The van der Waals surface area contributed by atoms with E-state index >= 15 is 0 Å². The summed E-state index contributed by atoms with van der Waals surface area (Å²) in [5, 5.41) is 0. The molecule has 4 rings (SSSR count). The fraction of sp³-hybridized carbons (Fsp3) is 0.160. The highest BCUT2D eigenvalue weighted by molar-refractivity contribution is 6.14. The predicted octanol–water partition coefficient (Wildman–Crippen LogP) is 5.56. The van der Waals surface area contributed by atoms with Crippen LogP contribution in [0.4, 0.5) is 0 Å². The van der Waals surface area contributed by atoms with Gasteiger partial charge >= 0.3 is 0 Å². The second kappa shape index (κ2) is 9.75. The molecule has 3 aromatic carbocycles. The lowest BCUT2D eigenvalue weighted by atomic mass is 9.76. The second-order valence-corrected chi connectivity index (χ2v) is 6.88. The summed E-state index contributed by atoms with van der Waals surface area (Å²) in [6.45, 7) is 4.29. The summed E-state index contributed by atoms with van der Waals surface area (Å²) in [6.07, 6.45) is 4.55. The Balaban J connectivity index is 0.000000161. The van der Waals surface area contributed by atoms with Crippen LogP contribution in [0.15, 0.2) is 91.3 Å². The van der Waals surface area contributed by atoms with Gasteiger partial charge in [0, 0.05) is 18.8 Å². The molecule has 138 valence electrons. The smallest absolute Gasteiger partial charge is 0.110 e. The van der Waals surface area contributed by atoms with E-state index in [1.807, 2.05) is 42.6 Å². The lowest BCUT2D eigenvalue weighted by Crippen LogP contribution is -1.99. The Bertz CT molecular complexity index is 904.